The Morgan fingerprint density at radius 2 is 1.81 bits per heavy atom. The molecule has 0 unspecified atom stereocenters. The van der Waals surface area contributed by atoms with Crippen LogP contribution in [-0.4, -0.2) is 30.3 Å². The van der Waals surface area contributed by atoms with Gasteiger partial charge >= 0.3 is 0 Å². The number of rotatable bonds is 3. The third-order valence-corrected chi connectivity index (χ3v) is 2.89. The van der Waals surface area contributed by atoms with Crippen LogP contribution in [0.4, 0.5) is 0 Å². The van der Waals surface area contributed by atoms with Gasteiger partial charge in [-0.15, -0.1) is 0 Å². The number of Topliss-reactive ketones (excluding diaryl/α,β-unsaturated/α-hetero) is 1. The first-order valence-electron chi connectivity index (χ1n) is 5.80. The van der Waals surface area contributed by atoms with Gasteiger partial charge in [0.05, 0.1) is 0 Å². The summed E-state index contributed by atoms with van der Waals surface area (Å²) in [6, 6.07) is 10.3. The summed E-state index contributed by atoms with van der Waals surface area (Å²) < 4.78 is 0. The molecule has 1 saturated heterocycles. The topological polar surface area (TPSA) is 20.3 Å². The molecule has 16 heavy (non-hydrogen) atoms. The summed E-state index contributed by atoms with van der Waals surface area (Å²) in [7, 11) is 0. The minimum Gasteiger partial charge on any atom is -0.300 e. The summed E-state index contributed by atoms with van der Waals surface area (Å²) in [5, 5.41) is 0. The molecule has 0 aromatic heterocycles. The third-order valence-electron chi connectivity index (χ3n) is 2.89. The van der Waals surface area contributed by atoms with Crippen LogP contribution in [0.2, 0.25) is 0 Å². The highest BCUT2D eigenvalue weighted by Gasteiger charge is 2.14. The summed E-state index contributed by atoms with van der Waals surface area (Å²) in [5.41, 5.74) is 1.23. The average molecular weight is 215 g/mol. The van der Waals surface area contributed by atoms with Crippen LogP contribution in [0.25, 0.3) is 6.08 Å². The van der Waals surface area contributed by atoms with Crippen LogP contribution in [0.5, 0.6) is 0 Å². The van der Waals surface area contributed by atoms with E-state index in [0.717, 1.165) is 32.5 Å². The summed E-state index contributed by atoms with van der Waals surface area (Å²) in [4.78, 5) is 13.4. The molecule has 2 nitrogen and oxygen atoms in total. The number of hydrogen-bond donors (Lipinski definition) is 0. The first-order valence-corrected chi connectivity index (χ1v) is 5.80. The van der Waals surface area contributed by atoms with Gasteiger partial charge in [0.1, 0.15) is 5.78 Å². The SMILES string of the molecule is O=C1CCN(CC=Cc2ccccc2)CC1. The number of piperidine rings is 1. The predicted octanol–water partition coefficient (Wildman–Crippen LogP) is 2.36. The molecule has 84 valence electrons. The van der Waals surface area contributed by atoms with Crippen LogP contribution >= 0.6 is 0 Å². The molecule has 2 heteroatoms. The van der Waals surface area contributed by atoms with Gasteiger partial charge in [0, 0.05) is 32.5 Å². The lowest BCUT2D eigenvalue weighted by atomic mass is 10.1. The zero-order chi connectivity index (χ0) is 11.2. The summed E-state index contributed by atoms with van der Waals surface area (Å²) >= 11 is 0. The Kier molecular flexibility index (Phi) is 3.89. The fourth-order valence-electron chi connectivity index (χ4n) is 1.89. The molecule has 1 aliphatic rings. The number of carbonyl (C=O) groups excluding carboxylic acids is 1. The van der Waals surface area contributed by atoms with Crippen LogP contribution in [0.3, 0.4) is 0 Å². The van der Waals surface area contributed by atoms with E-state index >= 15 is 0 Å². The predicted molar refractivity (Wildman–Crippen MR) is 66.2 cm³/mol. The number of carbonyl (C=O) groups is 1. The van der Waals surface area contributed by atoms with Crippen molar-refractivity contribution in [2.75, 3.05) is 19.6 Å². The molecule has 1 heterocycles. The molecule has 2 rings (SSSR count). The van der Waals surface area contributed by atoms with Gasteiger partial charge in [-0.1, -0.05) is 42.5 Å². The monoisotopic (exact) mass is 215 g/mol. The van der Waals surface area contributed by atoms with E-state index in [1.54, 1.807) is 0 Å². The molecule has 1 aliphatic heterocycles. The van der Waals surface area contributed by atoms with E-state index in [1.807, 2.05) is 18.2 Å². The van der Waals surface area contributed by atoms with Crippen molar-refractivity contribution in [1.29, 1.82) is 0 Å². The number of benzene rings is 1. The van der Waals surface area contributed by atoms with Crippen molar-refractivity contribution in [3.05, 3.63) is 42.0 Å². The molecule has 0 aliphatic carbocycles. The van der Waals surface area contributed by atoms with Gasteiger partial charge in [0.15, 0.2) is 0 Å². The summed E-state index contributed by atoms with van der Waals surface area (Å²) in [5.74, 6) is 0.406. The van der Waals surface area contributed by atoms with Crippen molar-refractivity contribution >= 4 is 11.9 Å². The Balaban J connectivity index is 1.79. The van der Waals surface area contributed by atoms with E-state index in [-0.39, 0.29) is 0 Å². The lowest BCUT2D eigenvalue weighted by molar-refractivity contribution is -0.121. The molecule has 1 aromatic rings. The normalized spacial score (nSPS) is 18.1. The molecule has 0 amide bonds. The minimum atomic E-state index is 0.406. The van der Waals surface area contributed by atoms with Crippen LogP contribution in [-0.2, 0) is 4.79 Å². The van der Waals surface area contributed by atoms with Crippen molar-refractivity contribution in [3.63, 3.8) is 0 Å². The Hall–Kier alpha value is -1.41. The highest BCUT2D eigenvalue weighted by molar-refractivity contribution is 5.79. The molecule has 1 fully saturated rings. The van der Waals surface area contributed by atoms with Gasteiger partial charge in [-0.05, 0) is 5.56 Å². The second-order valence-electron chi connectivity index (χ2n) is 4.15. The first-order chi connectivity index (χ1) is 7.84. The largest absolute Gasteiger partial charge is 0.300 e. The maximum atomic E-state index is 11.1. The molecular formula is C14H17NO. The quantitative estimate of drug-likeness (QED) is 0.771. The van der Waals surface area contributed by atoms with Gasteiger partial charge < -0.3 is 0 Å². The lowest BCUT2D eigenvalue weighted by Gasteiger charge is -2.24. The number of hydrogen-bond acceptors (Lipinski definition) is 2. The van der Waals surface area contributed by atoms with Crippen molar-refractivity contribution in [2.24, 2.45) is 0 Å². The number of ketones is 1. The Bertz CT molecular complexity index is 360. The van der Waals surface area contributed by atoms with E-state index in [2.05, 4.69) is 29.2 Å². The average Bonchev–Trinajstić information content (AvgIpc) is 2.33. The molecule has 1 aromatic carbocycles. The fraction of sp³-hybridized carbons (Fsp3) is 0.357. The number of likely N-dealkylation sites (tertiary alicyclic amines) is 1. The van der Waals surface area contributed by atoms with Crippen LogP contribution in [0.15, 0.2) is 36.4 Å². The molecule has 0 atom stereocenters. The second kappa shape index (κ2) is 5.61. The van der Waals surface area contributed by atoms with E-state index < -0.39 is 0 Å². The maximum Gasteiger partial charge on any atom is 0.135 e. The lowest BCUT2D eigenvalue weighted by Crippen LogP contribution is -2.33. The van der Waals surface area contributed by atoms with E-state index in [4.69, 9.17) is 0 Å². The Morgan fingerprint density at radius 1 is 1.12 bits per heavy atom. The zero-order valence-corrected chi connectivity index (χ0v) is 9.43. The molecule has 0 bridgehead atoms. The van der Waals surface area contributed by atoms with E-state index in [0.29, 0.717) is 5.78 Å². The molecule has 0 saturated carbocycles. The Labute approximate surface area is 96.6 Å². The van der Waals surface area contributed by atoms with Gasteiger partial charge in [-0.2, -0.15) is 0 Å². The fourth-order valence-corrected chi connectivity index (χ4v) is 1.89. The smallest absolute Gasteiger partial charge is 0.135 e. The summed E-state index contributed by atoms with van der Waals surface area (Å²) in [6.45, 7) is 2.78. The number of nitrogens with zero attached hydrogens (tertiary/aromatic N) is 1. The van der Waals surface area contributed by atoms with Crippen molar-refractivity contribution in [3.8, 4) is 0 Å². The molecule has 0 N–H and O–H groups in total. The van der Waals surface area contributed by atoms with Gasteiger partial charge in [0.2, 0.25) is 0 Å². The van der Waals surface area contributed by atoms with Crippen molar-refractivity contribution < 1.29 is 4.79 Å². The third kappa shape index (κ3) is 3.31. The molecular weight excluding hydrogens is 198 g/mol. The second-order valence-corrected chi connectivity index (χ2v) is 4.15. The van der Waals surface area contributed by atoms with Crippen LogP contribution in [0, 0.1) is 0 Å². The molecule has 0 radical (unpaired) electrons. The zero-order valence-electron chi connectivity index (χ0n) is 9.43. The van der Waals surface area contributed by atoms with Gasteiger partial charge in [-0.25, -0.2) is 0 Å². The van der Waals surface area contributed by atoms with Crippen molar-refractivity contribution in [2.45, 2.75) is 12.8 Å². The van der Waals surface area contributed by atoms with E-state index in [9.17, 15) is 4.79 Å². The highest BCUT2D eigenvalue weighted by atomic mass is 16.1. The van der Waals surface area contributed by atoms with Gasteiger partial charge in [0.25, 0.3) is 0 Å². The Morgan fingerprint density at radius 3 is 2.50 bits per heavy atom. The maximum absolute atomic E-state index is 11.1. The van der Waals surface area contributed by atoms with Crippen LogP contribution < -0.4 is 0 Å². The van der Waals surface area contributed by atoms with Gasteiger partial charge in [-0.3, -0.25) is 9.69 Å². The summed E-state index contributed by atoms with van der Waals surface area (Å²) in [6.07, 6.45) is 5.75. The molecule has 0 spiro atoms. The first kappa shape index (κ1) is 11.1. The highest BCUT2D eigenvalue weighted by Crippen LogP contribution is 2.06. The van der Waals surface area contributed by atoms with E-state index in [1.165, 1.54) is 5.56 Å². The van der Waals surface area contributed by atoms with Crippen molar-refractivity contribution in [1.82, 2.24) is 4.90 Å². The standard InChI is InChI=1S/C14H17NO/c16-14-8-11-15(12-9-14)10-4-7-13-5-2-1-3-6-13/h1-7H,8-12H2. The minimum absolute atomic E-state index is 0.406. The van der Waals surface area contributed by atoms with Crippen LogP contribution in [0.1, 0.15) is 18.4 Å².